The van der Waals surface area contributed by atoms with E-state index in [1.165, 1.54) is 4.90 Å². The van der Waals surface area contributed by atoms with E-state index >= 15 is 0 Å². The normalized spacial score (nSPS) is 14.3. The second-order valence-electron chi connectivity index (χ2n) is 6.01. The third kappa shape index (κ3) is 7.57. The lowest BCUT2D eigenvalue weighted by molar-refractivity contribution is -0.149. The summed E-state index contributed by atoms with van der Waals surface area (Å²) < 4.78 is 37.2. The Kier molecular flexibility index (Phi) is 7.33. The van der Waals surface area contributed by atoms with E-state index in [0.717, 1.165) is 6.42 Å². The fraction of sp³-hybridized carbons (Fsp3) is 0.923. The summed E-state index contributed by atoms with van der Waals surface area (Å²) in [6.07, 6.45) is -2.13. The third-order valence-electron chi connectivity index (χ3n) is 3.41. The molecule has 0 saturated heterocycles. The molecule has 0 bridgehead atoms. The van der Waals surface area contributed by atoms with E-state index in [2.05, 4.69) is 5.16 Å². The van der Waals surface area contributed by atoms with Crippen LogP contribution >= 0.6 is 0 Å². The molecule has 0 aromatic carbocycles. The van der Waals surface area contributed by atoms with Crippen molar-refractivity contribution in [1.82, 2.24) is 4.90 Å². The molecule has 0 unspecified atom stereocenters. The number of rotatable bonds is 8. The number of amidine groups is 1. The second-order valence-corrected chi connectivity index (χ2v) is 6.01. The van der Waals surface area contributed by atoms with Crippen LogP contribution in [0.2, 0.25) is 0 Å². The highest BCUT2D eigenvalue weighted by atomic mass is 19.4. The minimum atomic E-state index is -4.17. The van der Waals surface area contributed by atoms with Gasteiger partial charge in [0.25, 0.3) is 0 Å². The van der Waals surface area contributed by atoms with Crippen molar-refractivity contribution < 1.29 is 18.4 Å². The molecule has 0 radical (unpaired) electrons. The molecule has 0 aliphatic rings. The lowest BCUT2D eigenvalue weighted by Crippen LogP contribution is -2.39. The minimum Gasteiger partial charge on any atom is -0.409 e. The van der Waals surface area contributed by atoms with Gasteiger partial charge in [0.15, 0.2) is 0 Å². The number of nitrogens with two attached hydrogens (primary N) is 1. The van der Waals surface area contributed by atoms with Crippen LogP contribution in [-0.4, -0.2) is 41.3 Å². The Morgan fingerprint density at radius 2 is 1.80 bits per heavy atom. The quantitative estimate of drug-likeness (QED) is 0.238. The Balaban J connectivity index is 4.20. The van der Waals surface area contributed by atoms with Gasteiger partial charge in [0.05, 0.1) is 6.54 Å². The Bertz CT molecular complexity index is 314. The van der Waals surface area contributed by atoms with Gasteiger partial charge in [-0.3, -0.25) is 4.90 Å². The van der Waals surface area contributed by atoms with Crippen molar-refractivity contribution in [2.75, 3.05) is 13.1 Å². The molecule has 0 spiro atoms. The van der Waals surface area contributed by atoms with E-state index in [1.54, 1.807) is 13.8 Å². The maximum atomic E-state index is 12.4. The minimum absolute atomic E-state index is 0.145. The summed E-state index contributed by atoms with van der Waals surface area (Å²) in [5.41, 5.74) is 5.12. The SMILES string of the molecule is CC(C)N(CCCCC(C)(C)C(N)=NO)CC(F)(F)F. The molecule has 0 aliphatic heterocycles. The van der Waals surface area contributed by atoms with Crippen molar-refractivity contribution in [3.63, 3.8) is 0 Å². The van der Waals surface area contributed by atoms with Crippen LogP contribution in [0.15, 0.2) is 5.16 Å². The summed E-state index contributed by atoms with van der Waals surface area (Å²) in [7, 11) is 0. The average molecular weight is 297 g/mol. The predicted molar refractivity (Wildman–Crippen MR) is 73.8 cm³/mol. The van der Waals surface area contributed by atoms with Crippen molar-refractivity contribution in [3.8, 4) is 0 Å². The zero-order chi connectivity index (χ0) is 16.0. The Hall–Kier alpha value is -0.980. The van der Waals surface area contributed by atoms with Crippen molar-refractivity contribution in [1.29, 1.82) is 0 Å². The van der Waals surface area contributed by atoms with Gasteiger partial charge in [-0.25, -0.2) is 0 Å². The van der Waals surface area contributed by atoms with Crippen LogP contribution in [0.4, 0.5) is 13.2 Å². The Morgan fingerprint density at radius 1 is 1.25 bits per heavy atom. The standard InChI is InChI=1S/C13H26F3N3O/c1-10(2)19(9-13(14,15)16)8-6-5-7-12(3,4)11(17)18-20/h10,20H,5-9H2,1-4H3,(H2,17,18). The molecule has 7 heteroatoms. The van der Waals surface area contributed by atoms with Gasteiger partial charge in [0.2, 0.25) is 0 Å². The maximum absolute atomic E-state index is 12.4. The first-order valence-electron chi connectivity index (χ1n) is 6.78. The number of nitrogens with zero attached hydrogens (tertiary/aromatic N) is 2. The van der Waals surface area contributed by atoms with Crippen LogP contribution in [0.3, 0.4) is 0 Å². The van der Waals surface area contributed by atoms with Gasteiger partial charge in [-0.1, -0.05) is 25.4 Å². The molecule has 0 rings (SSSR count). The topological polar surface area (TPSA) is 61.8 Å². The Morgan fingerprint density at radius 3 is 2.20 bits per heavy atom. The molecular formula is C13H26F3N3O. The summed E-state index contributed by atoms with van der Waals surface area (Å²) in [4.78, 5) is 1.41. The van der Waals surface area contributed by atoms with Crippen molar-refractivity contribution in [2.45, 2.75) is 59.2 Å². The number of halogens is 3. The largest absolute Gasteiger partial charge is 0.409 e. The van der Waals surface area contributed by atoms with Gasteiger partial charge in [0, 0.05) is 11.5 Å². The summed E-state index contributed by atoms with van der Waals surface area (Å²) in [5.74, 6) is 0.147. The van der Waals surface area contributed by atoms with E-state index in [1.807, 2.05) is 13.8 Å². The molecule has 3 N–H and O–H groups in total. The molecule has 120 valence electrons. The average Bonchev–Trinajstić information content (AvgIpc) is 2.30. The molecular weight excluding hydrogens is 271 g/mol. The van der Waals surface area contributed by atoms with Crippen LogP contribution < -0.4 is 5.73 Å². The highest BCUT2D eigenvalue weighted by Gasteiger charge is 2.31. The maximum Gasteiger partial charge on any atom is 0.401 e. The van der Waals surface area contributed by atoms with Crippen LogP contribution in [0, 0.1) is 5.41 Å². The highest BCUT2D eigenvalue weighted by molar-refractivity contribution is 5.85. The first-order chi connectivity index (χ1) is 8.99. The number of alkyl halides is 3. The van der Waals surface area contributed by atoms with Gasteiger partial charge >= 0.3 is 6.18 Å². The zero-order valence-electron chi connectivity index (χ0n) is 12.7. The molecule has 0 amide bonds. The smallest absolute Gasteiger partial charge is 0.401 e. The summed E-state index contributed by atoms with van der Waals surface area (Å²) in [6, 6.07) is -0.145. The summed E-state index contributed by atoms with van der Waals surface area (Å²) >= 11 is 0. The molecule has 0 aromatic heterocycles. The lowest BCUT2D eigenvalue weighted by atomic mass is 9.86. The van der Waals surface area contributed by atoms with Gasteiger partial charge in [-0.15, -0.1) is 0 Å². The predicted octanol–water partition coefficient (Wildman–Crippen LogP) is 3.20. The Labute approximate surface area is 118 Å². The first-order valence-corrected chi connectivity index (χ1v) is 6.78. The van der Waals surface area contributed by atoms with E-state index in [0.29, 0.717) is 19.4 Å². The molecule has 20 heavy (non-hydrogen) atoms. The number of hydrogen-bond acceptors (Lipinski definition) is 3. The highest BCUT2D eigenvalue weighted by Crippen LogP contribution is 2.24. The first kappa shape index (κ1) is 19.0. The third-order valence-corrected chi connectivity index (χ3v) is 3.41. The van der Waals surface area contributed by atoms with Crippen LogP contribution in [-0.2, 0) is 0 Å². The van der Waals surface area contributed by atoms with Crippen LogP contribution in [0.1, 0.15) is 47.0 Å². The van der Waals surface area contributed by atoms with Crippen molar-refractivity contribution in [3.05, 3.63) is 0 Å². The second kappa shape index (κ2) is 7.71. The monoisotopic (exact) mass is 297 g/mol. The van der Waals surface area contributed by atoms with E-state index in [-0.39, 0.29) is 11.9 Å². The fourth-order valence-electron chi connectivity index (χ4n) is 1.90. The zero-order valence-corrected chi connectivity index (χ0v) is 12.7. The van der Waals surface area contributed by atoms with Crippen LogP contribution in [0.25, 0.3) is 0 Å². The van der Waals surface area contributed by atoms with Gasteiger partial charge in [-0.2, -0.15) is 13.2 Å². The van der Waals surface area contributed by atoms with E-state index < -0.39 is 18.1 Å². The number of hydrogen-bond donors (Lipinski definition) is 2. The van der Waals surface area contributed by atoms with Gasteiger partial charge in [0.1, 0.15) is 5.84 Å². The van der Waals surface area contributed by atoms with Gasteiger partial charge in [-0.05, 0) is 33.2 Å². The molecule has 0 aromatic rings. The number of unbranched alkanes of at least 4 members (excludes halogenated alkanes) is 1. The lowest BCUT2D eigenvalue weighted by Gasteiger charge is -2.28. The molecule has 0 aliphatic carbocycles. The fourth-order valence-corrected chi connectivity index (χ4v) is 1.90. The molecule has 0 atom stereocenters. The molecule has 0 fully saturated rings. The van der Waals surface area contributed by atoms with E-state index in [4.69, 9.17) is 10.9 Å². The van der Waals surface area contributed by atoms with Crippen LogP contribution in [0.5, 0.6) is 0 Å². The van der Waals surface area contributed by atoms with Gasteiger partial charge < -0.3 is 10.9 Å². The van der Waals surface area contributed by atoms with E-state index in [9.17, 15) is 13.2 Å². The summed E-state index contributed by atoms with van der Waals surface area (Å²) in [6.45, 7) is 6.71. The molecule has 0 saturated carbocycles. The summed E-state index contributed by atoms with van der Waals surface area (Å²) in [5, 5.41) is 11.6. The molecule has 0 heterocycles. The van der Waals surface area contributed by atoms with Crippen molar-refractivity contribution in [2.24, 2.45) is 16.3 Å². The molecule has 4 nitrogen and oxygen atoms in total. The van der Waals surface area contributed by atoms with Crippen molar-refractivity contribution >= 4 is 5.84 Å². The number of oxime groups is 1.